The fraction of sp³-hybridized carbons (Fsp3) is 0.857. The Morgan fingerprint density at radius 3 is 2.16 bits per heavy atom. The van der Waals surface area contributed by atoms with Gasteiger partial charge in [-0.05, 0) is 51.9 Å². The first kappa shape index (κ1) is 14.2. The van der Waals surface area contributed by atoms with E-state index in [1.807, 2.05) is 0 Å². The molecule has 0 aromatic rings. The number of hydrogen-bond acceptors (Lipinski definition) is 3. The van der Waals surface area contributed by atoms with E-state index in [9.17, 15) is 14.7 Å². The number of aliphatic carboxylic acids is 1. The molecule has 2 fully saturated rings. The van der Waals surface area contributed by atoms with Crippen molar-refractivity contribution in [1.29, 1.82) is 0 Å². The van der Waals surface area contributed by atoms with Crippen molar-refractivity contribution in [3.05, 3.63) is 0 Å². The van der Waals surface area contributed by atoms with E-state index >= 15 is 0 Å². The molecule has 0 aromatic heterocycles. The molecule has 5 heteroatoms. The predicted molar refractivity (Wildman–Crippen MR) is 69.8 cm³/mol. The van der Waals surface area contributed by atoms with Crippen molar-refractivity contribution >= 4 is 12.1 Å². The summed E-state index contributed by atoms with van der Waals surface area (Å²) < 4.78 is 5.19. The molecular formula is C14H23NO4. The lowest BCUT2D eigenvalue weighted by Gasteiger charge is -2.38. The highest BCUT2D eigenvalue weighted by Gasteiger charge is 2.50. The van der Waals surface area contributed by atoms with E-state index < -0.39 is 23.2 Å². The van der Waals surface area contributed by atoms with Gasteiger partial charge in [0.2, 0.25) is 0 Å². The van der Waals surface area contributed by atoms with Crippen LogP contribution in [-0.2, 0) is 9.53 Å². The molecule has 2 bridgehead atoms. The van der Waals surface area contributed by atoms with Gasteiger partial charge >= 0.3 is 12.1 Å². The molecule has 1 amide bonds. The van der Waals surface area contributed by atoms with Gasteiger partial charge in [0.1, 0.15) is 11.1 Å². The van der Waals surface area contributed by atoms with Crippen LogP contribution < -0.4 is 5.32 Å². The number of alkyl carbamates (subject to hydrolysis) is 1. The van der Waals surface area contributed by atoms with E-state index in [-0.39, 0.29) is 0 Å². The second kappa shape index (κ2) is 4.69. The summed E-state index contributed by atoms with van der Waals surface area (Å²) in [6.45, 7) is 5.31. The zero-order valence-electron chi connectivity index (χ0n) is 11.9. The molecule has 0 radical (unpaired) electrons. The Morgan fingerprint density at radius 2 is 1.74 bits per heavy atom. The molecule has 5 nitrogen and oxygen atoms in total. The Hall–Kier alpha value is -1.26. The fourth-order valence-corrected chi connectivity index (χ4v) is 3.45. The van der Waals surface area contributed by atoms with Gasteiger partial charge in [0.05, 0.1) is 0 Å². The predicted octanol–water partition coefficient (Wildman–Crippen LogP) is 2.54. The van der Waals surface area contributed by atoms with E-state index in [4.69, 9.17) is 4.74 Å². The lowest BCUT2D eigenvalue weighted by Crippen LogP contribution is -2.58. The van der Waals surface area contributed by atoms with E-state index in [1.165, 1.54) is 0 Å². The van der Waals surface area contributed by atoms with Crippen LogP contribution in [0.3, 0.4) is 0 Å². The van der Waals surface area contributed by atoms with E-state index in [1.54, 1.807) is 20.8 Å². The molecule has 2 rings (SSSR count). The maximum Gasteiger partial charge on any atom is 0.408 e. The molecule has 2 saturated carbocycles. The highest BCUT2D eigenvalue weighted by atomic mass is 16.6. The largest absolute Gasteiger partial charge is 0.480 e. The Bertz CT molecular complexity index is 373. The molecule has 0 spiro atoms. The highest BCUT2D eigenvalue weighted by molar-refractivity contribution is 5.84. The second-order valence-corrected chi connectivity index (χ2v) is 6.97. The van der Waals surface area contributed by atoms with Gasteiger partial charge in [-0.2, -0.15) is 0 Å². The number of carbonyl (C=O) groups excluding carboxylic acids is 1. The summed E-state index contributed by atoms with van der Waals surface area (Å²) in [4.78, 5) is 23.5. The number of carbonyl (C=O) groups is 2. The van der Waals surface area contributed by atoms with Gasteiger partial charge in [0.15, 0.2) is 0 Å². The van der Waals surface area contributed by atoms with Crippen LogP contribution in [-0.4, -0.2) is 28.3 Å². The van der Waals surface area contributed by atoms with E-state index in [2.05, 4.69) is 5.32 Å². The number of carboxylic acid groups (broad SMARTS) is 1. The lowest BCUT2D eigenvalue weighted by molar-refractivity contribution is -0.147. The number of carboxylic acids is 1. The van der Waals surface area contributed by atoms with Gasteiger partial charge in [0, 0.05) is 0 Å². The van der Waals surface area contributed by atoms with Gasteiger partial charge in [-0.1, -0.05) is 12.8 Å². The molecular weight excluding hydrogens is 246 g/mol. The Balaban J connectivity index is 2.08. The molecule has 0 aliphatic heterocycles. The highest BCUT2D eigenvalue weighted by Crippen LogP contribution is 2.46. The van der Waals surface area contributed by atoms with Crippen LogP contribution in [0.25, 0.3) is 0 Å². The monoisotopic (exact) mass is 269 g/mol. The summed E-state index contributed by atoms with van der Waals surface area (Å²) in [6.07, 6.45) is 3.68. The number of hydrogen-bond donors (Lipinski definition) is 2. The van der Waals surface area contributed by atoms with Crippen molar-refractivity contribution in [2.45, 2.75) is 64.0 Å². The number of rotatable bonds is 2. The summed E-state index contributed by atoms with van der Waals surface area (Å²) >= 11 is 0. The van der Waals surface area contributed by atoms with Crippen LogP contribution in [0.5, 0.6) is 0 Å². The smallest absolute Gasteiger partial charge is 0.408 e. The molecule has 2 unspecified atom stereocenters. The topological polar surface area (TPSA) is 75.6 Å². The van der Waals surface area contributed by atoms with E-state index in [0.29, 0.717) is 24.7 Å². The van der Waals surface area contributed by atoms with Crippen LogP contribution >= 0.6 is 0 Å². The SMILES string of the molecule is CC(C)(C)OC(=O)NC1(C(=O)O)CC2CCC(C2)C1. The van der Waals surface area contributed by atoms with Crippen LogP contribution in [0.4, 0.5) is 4.79 Å². The summed E-state index contributed by atoms with van der Waals surface area (Å²) in [5.41, 5.74) is -1.75. The first-order valence-corrected chi connectivity index (χ1v) is 6.95. The maximum atomic E-state index is 11.9. The number of nitrogens with one attached hydrogen (secondary N) is 1. The molecule has 2 aliphatic rings. The zero-order valence-corrected chi connectivity index (χ0v) is 11.9. The molecule has 0 aromatic carbocycles. The van der Waals surface area contributed by atoms with Crippen LogP contribution in [0.1, 0.15) is 52.9 Å². The zero-order chi connectivity index (χ0) is 14.3. The van der Waals surface area contributed by atoms with Crippen molar-refractivity contribution < 1.29 is 19.4 Å². The third-order valence-electron chi connectivity index (χ3n) is 4.07. The third-order valence-corrected chi connectivity index (χ3v) is 4.07. The third kappa shape index (κ3) is 3.19. The molecule has 2 atom stereocenters. The summed E-state index contributed by atoms with van der Waals surface area (Å²) in [7, 11) is 0. The van der Waals surface area contributed by atoms with Crippen LogP contribution in [0.15, 0.2) is 0 Å². The molecule has 108 valence electrons. The quantitative estimate of drug-likeness (QED) is 0.807. The van der Waals surface area contributed by atoms with Crippen molar-refractivity contribution in [2.24, 2.45) is 11.8 Å². The number of amides is 1. The number of ether oxygens (including phenoxy) is 1. The van der Waals surface area contributed by atoms with Gasteiger partial charge in [-0.15, -0.1) is 0 Å². The summed E-state index contributed by atoms with van der Waals surface area (Å²) in [6, 6.07) is 0. The van der Waals surface area contributed by atoms with Gasteiger partial charge < -0.3 is 15.2 Å². The Labute approximate surface area is 113 Å². The van der Waals surface area contributed by atoms with Gasteiger partial charge in [0.25, 0.3) is 0 Å². The Morgan fingerprint density at radius 1 is 1.21 bits per heavy atom. The van der Waals surface area contributed by atoms with Crippen molar-refractivity contribution in [3.8, 4) is 0 Å². The van der Waals surface area contributed by atoms with Crippen LogP contribution in [0.2, 0.25) is 0 Å². The normalized spacial score (nSPS) is 33.8. The van der Waals surface area contributed by atoms with Gasteiger partial charge in [-0.3, -0.25) is 0 Å². The standard InChI is InChI=1S/C14H23NO4/c1-13(2,3)19-12(18)15-14(11(16)17)7-9-4-5-10(6-9)8-14/h9-10H,4-8H2,1-3H3,(H,15,18)(H,16,17). The molecule has 2 aliphatic carbocycles. The average molecular weight is 269 g/mol. The lowest BCUT2D eigenvalue weighted by atomic mass is 9.75. The van der Waals surface area contributed by atoms with Crippen LogP contribution in [0, 0.1) is 11.8 Å². The molecule has 0 saturated heterocycles. The average Bonchev–Trinajstić information content (AvgIpc) is 2.55. The molecule has 2 N–H and O–H groups in total. The van der Waals surface area contributed by atoms with Crippen molar-refractivity contribution in [1.82, 2.24) is 5.32 Å². The Kier molecular flexibility index (Phi) is 3.49. The minimum Gasteiger partial charge on any atom is -0.480 e. The molecule has 19 heavy (non-hydrogen) atoms. The fourth-order valence-electron chi connectivity index (χ4n) is 3.45. The van der Waals surface area contributed by atoms with Gasteiger partial charge in [-0.25, -0.2) is 9.59 Å². The summed E-state index contributed by atoms with van der Waals surface area (Å²) in [5, 5.41) is 12.2. The van der Waals surface area contributed by atoms with Crippen molar-refractivity contribution in [3.63, 3.8) is 0 Å². The second-order valence-electron chi connectivity index (χ2n) is 6.97. The van der Waals surface area contributed by atoms with E-state index in [0.717, 1.165) is 19.3 Å². The first-order chi connectivity index (χ1) is 8.70. The summed E-state index contributed by atoms with van der Waals surface area (Å²) in [5.74, 6) is -0.0930. The minimum absolute atomic E-state index is 0.421. The molecule has 0 heterocycles. The maximum absolute atomic E-state index is 11.9. The number of fused-ring (bicyclic) bond motifs is 2. The van der Waals surface area contributed by atoms with Crippen molar-refractivity contribution in [2.75, 3.05) is 0 Å². The first-order valence-electron chi connectivity index (χ1n) is 6.95. The minimum atomic E-state index is -1.13.